The molecule has 1 aromatic heterocycles. The Bertz CT molecular complexity index is 648. The van der Waals surface area contributed by atoms with Gasteiger partial charge in [-0.25, -0.2) is 0 Å². The third-order valence-corrected chi connectivity index (χ3v) is 2.50. The first kappa shape index (κ1) is 13.7. The summed E-state index contributed by atoms with van der Waals surface area (Å²) in [6, 6.07) is 13.4. The van der Waals surface area contributed by atoms with E-state index < -0.39 is 6.61 Å². The van der Waals surface area contributed by atoms with Gasteiger partial charge in [0.1, 0.15) is 11.8 Å². The highest BCUT2D eigenvalue weighted by Gasteiger charge is 2.09. The van der Waals surface area contributed by atoms with Crippen molar-refractivity contribution < 1.29 is 13.5 Å². The largest absolute Gasteiger partial charge is 0.434 e. The van der Waals surface area contributed by atoms with E-state index in [0.717, 1.165) is 0 Å². The van der Waals surface area contributed by atoms with Crippen molar-refractivity contribution in [2.24, 2.45) is 0 Å². The van der Waals surface area contributed by atoms with Gasteiger partial charge in [-0.05, 0) is 24.3 Å². The van der Waals surface area contributed by atoms with E-state index in [2.05, 4.69) is 9.72 Å². The van der Waals surface area contributed by atoms with Crippen LogP contribution in [0.15, 0.2) is 48.7 Å². The third-order valence-electron chi connectivity index (χ3n) is 2.50. The van der Waals surface area contributed by atoms with Crippen molar-refractivity contribution in [1.29, 1.82) is 5.26 Å². The van der Waals surface area contributed by atoms with Crippen LogP contribution in [-0.2, 0) is 0 Å². The average Bonchev–Trinajstić information content (AvgIpc) is 2.46. The topological polar surface area (TPSA) is 45.9 Å². The van der Waals surface area contributed by atoms with Crippen LogP contribution in [0.1, 0.15) is 11.3 Å². The molecule has 1 aromatic carbocycles. The van der Waals surface area contributed by atoms with E-state index in [1.54, 1.807) is 42.6 Å². The number of para-hydroxylation sites is 1. The normalized spacial score (nSPS) is 11.2. The molecule has 100 valence electrons. The van der Waals surface area contributed by atoms with Crippen molar-refractivity contribution in [1.82, 2.24) is 4.98 Å². The lowest BCUT2D eigenvalue weighted by Crippen LogP contribution is -2.03. The van der Waals surface area contributed by atoms with Gasteiger partial charge in [-0.2, -0.15) is 14.0 Å². The summed E-state index contributed by atoms with van der Waals surface area (Å²) in [5, 5.41) is 9.17. The maximum absolute atomic E-state index is 12.3. The number of ether oxygens (including phenoxy) is 1. The molecular formula is C15H10F2N2O. The minimum Gasteiger partial charge on any atom is -0.434 e. The van der Waals surface area contributed by atoms with Crippen LogP contribution in [0.2, 0.25) is 0 Å². The minimum atomic E-state index is -2.91. The first-order valence-electron chi connectivity index (χ1n) is 5.78. The zero-order valence-corrected chi connectivity index (χ0v) is 10.3. The first-order valence-corrected chi connectivity index (χ1v) is 5.78. The number of nitrogens with zero attached hydrogens (tertiary/aromatic N) is 2. The van der Waals surface area contributed by atoms with Gasteiger partial charge in [0.25, 0.3) is 0 Å². The third kappa shape index (κ3) is 3.39. The molecule has 0 aliphatic rings. The number of pyridine rings is 1. The highest BCUT2D eigenvalue weighted by atomic mass is 19.3. The molecule has 0 aliphatic heterocycles. The summed E-state index contributed by atoms with van der Waals surface area (Å²) >= 11 is 0. The van der Waals surface area contributed by atoms with E-state index in [-0.39, 0.29) is 11.3 Å². The molecule has 0 spiro atoms. The molecule has 0 unspecified atom stereocenters. The number of hydrogen-bond acceptors (Lipinski definition) is 3. The summed E-state index contributed by atoms with van der Waals surface area (Å²) in [7, 11) is 0. The molecule has 1 heterocycles. The van der Waals surface area contributed by atoms with E-state index in [0.29, 0.717) is 11.3 Å². The van der Waals surface area contributed by atoms with Gasteiger partial charge < -0.3 is 4.74 Å². The lowest BCUT2D eigenvalue weighted by molar-refractivity contribution is -0.0499. The van der Waals surface area contributed by atoms with Gasteiger partial charge >= 0.3 is 6.61 Å². The van der Waals surface area contributed by atoms with Crippen LogP contribution >= 0.6 is 0 Å². The van der Waals surface area contributed by atoms with Crippen molar-refractivity contribution in [3.8, 4) is 11.8 Å². The molecule has 0 N–H and O–H groups in total. The number of rotatable bonds is 4. The molecule has 5 heteroatoms. The molecule has 0 amide bonds. The number of halogens is 2. The summed E-state index contributed by atoms with van der Waals surface area (Å²) in [4.78, 5) is 4.06. The van der Waals surface area contributed by atoms with Gasteiger partial charge in [0.15, 0.2) is 0 Å². The maximum atomic E-state index is 12.3. The smallest absolute Gasteiger partial charge is 0.387 e. The van der Waals surface area contributed by atoms with Crippen LogP contribution in [0.25, 0.3) is 11.6 Å². The molecule has 2 rings (SSSR count). The molecule has 0 bridgehead atoms. The van der Waals surface area contributed by atoms with Crippen LogP contribution in [0.3, 0.4) is 0 Å². The first-order chi connectivity index (χ1) is 9.70. The maximum Gasteiger partial charge on any atom is 0.387 e. The van der Waals surface area contributed by atoms with Crippen LogP contribution in [0, 0.1) is 11.3 Å². The molecule has 3 nitrogen and oxygen atoms in total. The van der Waals surface area contributed by atoms with Gasteiger partial charge in [0.2, 0.25) is 0 Å². The Balaban J connectivity index is 2.41. The molecule has 20 heavy (non-hydrogen) atoms. The Morgan fingerprint density at radius 1 is 1.20 bits per heavy atom. The number of benzene rings is 1. The second-order valence-electron chi connectivity index (χ2n) is 3.80. The zero-order valence-electron chi connectivity index (χ0n) is 10.3. The van der Waals surface area contributed by atoms with Crippen molar-refractivity contribution in [2.75, 3.05) is 0 Å². The highest BCUT2D eigenvalue weighted by Crippen LogP contribution is 2.25. The summed E-state index contributed by atoms with van der Waals surface area (Å²) in [6.45, 7) is -2.91. The number of hydrogen-bond donors (Lipinski definition) is 0. The molecule has 0 saturated heterocycles. The molecule has 0 radical (unpaired) electrons. The van der Waals surface area contributed by atoms with Gasteiger partial charge in [-0.3, -0.25) is 4.98 Å². The molecule has 0 fully saturated rings. The lowest BCUT2D eigenvalue weighted by Gasteiger charge is -2.08. The van der Waals surface area contributed by atoms with Gasteiger partial charge in [-0.1, -0.05) is 24.3 Å². The average molecular weight is 272 g/mol. The van der Waals surface area contributed by atoms with Crippen LogP contribution in [0.5, 0.6) is 5.75 Å². The minimum absolute atomic E-state index is 0.0196. The highest BCUT2D eigenvalue weighted by molar-refractivity contribution is 5.89. The molecule has 0 atom stereocenters. The Morgan fingerprint density at radius 3 is 2.60 bits per heavy atom. The fraction of sp³-hybridized carbons (Fsp3) is 0.0667. The van der Waals surface area contributed by atoms with E-state index in [4.69, 9.17) is 5.26 Å². The quantitative estimate of drug-likeness (QED) is 0.796. The Kier molecular flexibility index (Phi) is 4.40. The number of aromatic nitrogens is 1. The van der Waals surface area contributed by atoms with Gasteiger partial charge in [0, 0.05) is 11.8 Å². The molecule has 0 aliphatic carbocycles. The molecule has 0 saturated carbocycles. The fourth-order valence-electron chi connectivity index (χ4n) is 1.64. The van der Waals surface area contributed by atoms with E-state index in [9.17, 15) is 8.78 Å². The standard InChI is InChI=1S/C15H10F2N2O/c16-15(17)20-14-7-2-1-5-11(14)9-12(10-18)13-6-3-4-8-19-13/h1-9,15H/b12-9-. The van der Waals surface area contributed by atoms with E-state index >= 15 is 0 Å². The van der Waals surface area contributed by atoms with Crippen molar-refractivity contribution >= 4 is 11.6 Å². The van der Waals surface area contributed by atoms with Crippen molar-refractivity contribution in [3.63, 3.8) is 0 Å². The van der Waals surface area contributed by atoms with E-state index in [1.807, 2.05) is 6.07 Å². The zero-order chi connectivity index (χ0) is 14.4. The summed E-state index contributed by atoms with van der Waals surface area (Å²) < 4.78 is 29.1. The Labute approximate surface area is 114 Å². The van der Waals surface area contributed by atoms with Crippen LogP contribution in [-0.4, -0.2) is 11.6 Å². The lowest BCUT2D eigenvalue weighted by atomic mass is 10.1. The molecular weight excluding hydrogens is 262 g/mol. The predicted octanol–water partition coefficient (Wildman–Crippen LogP) is 3.75. The van der Waals surface area contributed by atoms with Crippen molar-refractivity contribution in [2.45, 2.75) is 6.61 Å². The van der Waals surface area contributed by atoms with Gasteiger partial charge in [-0.15, -0.1) is 0 Å². The fourth-order valence-corrected chi connectivity index (χ4v) is 1.64. The Morgan fingerprint density at radius 2 is 1.95 bits per heavy atom. The van der Waals surface area contributed by atoms with Crippen LogP contribution < -0.4 is 4.74 Å². The Hall–Kier alpha value is -2.74. The monoisotopic (exact) mass is 272 g/mol. The van der Waals surface area contributed by atoms with Gasteiger partial charge in [0.05, 0.1) is 11.3 Å². The summed E-state index contributed by atoms with van der Waals surface area (Å²) in [5.74, 6) is 0.0196. The predicted molar refractivity (Wildman–Crippen MR) is 70.8 cm³/mol. The van der Waals surface area contributed by atoms with E-state index in [1.165, 1.54) is 12.1 Å². The SMILES string of the molecule is N#C/C(=C/c1ccccc1OC(F)F)c1ccccn1. The summed E-state index contributed by atoms with van der Waals surface area (Å²) in [5.41, 5.74) is 1.15. The number of nitriles is 1. The van der Waals surface area contributed by atoms with Crippen LogP contribution in [0.4, 0.5) is 8.78 Å². The second kappa shape index (κ2) is 6.43. The molecule has 2 aromatic rings. The number of alkyl halides is 2. The summed E-state index contributed by atoms with van der Waals surface area (Å²) in [6.07, 6.45) is 3.03. The number of allylic oxidation sites excluding steroid dienone is 1. The second-order valence-corrected chi connectivity index (χ2v) is 3.80. The van der Waals surface area contributed by atoms with Crippen molar-refractivity contribution in [3.05, 3.63) is 59.9 Å².